The number of imidazole rings is 1. The molecular formula is C18H12ClN3O3S. The van der Waals surface area contributed by atoms with Gasteiger partial charge in [-0.25, -0.2) is 9.38 Å². The van der Waals surface area contributed by atoms with Crippen LogP contribution in [0.2, 0.25) is 5.02 Å². The third-order valence-corrected chi connectivity index (χ3v) is 5.64. The van der Waals surface area contributed by atoms with E-state index < -0.39 is 4.92 Å². The van der Waals surface area contributed by atoms with Gasteiger partial charge >= 0.3 is 0 Å². The summed E-state index contributed by atoms with van der Waals surface area (Å²) in [6.07, 6.45) is 1.57. The van der Waals surface area contributed by atoms with E-state index in [0.717, 1.165) is 22.2 Å². The van der Waals surface area contributed by atoms with E-state index in [9.17, 15) is 14.9 Å². The Morgan fingerprint density at radius 3 is 2.69 bits per heavy atom. The molecular weight excluding hydrogens is 374 g/mol. The first kappa shape index (κ1) is 16.7. The Hall–Kier alpha value is -2.77. The minimum atomic E-state index is -0.494. The highest BCUT2D eigenvalue weighted by Gasteiger charge is 2.13. The molecule has 2 aromatic heterocycles. The van der Waals surface area contributed by atoms with Crippen LogP contribution in [0.25, 0.3) is 22.1 Å². The number of nitro groups is 1. The van der Waals surface area contributed by atoms with Gasteiger partial charge in [0.2, 0.25) is 0 Å². The second-order valence-corrected chi connectivity index (χ2v) is 7.45. The maximum Gasteiger partial charge on any atom is 0.274 e. The Kier molecular flexibility index (Phi) is 3.78. The molecule has 130 valence electrons. The Balaban J connectivity index is 1.99. The van der Waals surface area contributed by atoms with E-state index in [1.54, 1.807) is 10.5 Å². The molecule has 4 rings (SSSR count). The Morgan fingerprint density at radius 2 is 1.96 bits per heavy atom. The molecule has 8 heteroatoms. The molecule has 6 nitrogen and oxygen atoms in total. The maximum atomic E-state index is 12.9. The topological polar surface area (TPSA) is 77.5 Å². The van der Waals surface area contributed by atoms with Crippen molar-refractivity contribution in [3.05, 3.63) is 77.0 Å². The molecule has 0 bridgehead atoms. The number of aryl methyl sites for hydroxylation is 2. The quantitative estimate of drug-likeness (QED) is 0.390. The third kappa shape index (κ3) is 2.56. The van der Waals surface area contributed by atoms with E-state index in [1.165, 1.54) is 29.5 Å². The van der Waals surface area contributed by atoms with Gasteiger partial charge in [-0.2, -0.15) is 0 Å². The van der Waals surface area contributed by atoms with E-state index in [-0.39, 0.29) is 11.2 Å². The predicted molar refractivity (Wildman–Crippen MR) is 103 cm³/mol. The lowest BCUT2D eigenvalue weighted by atomic mass is 10.1. The molecule has 0 aliphatic carbocycles. The molecule has 0 saturated heterocycles. The standard InChI is InChI=1S/C18H12ClN3O3S/c1-9-5-14-15(6-10(9)2)21-17(23)16(26-18(21)20-14)8-11-7-12(22(24)25)3-4-13(11)19/h3-8H,1-2H3/b16-8-. The van der Waals surface area contributed by atoms with Gasteiger partial charge in [-0.3, -0.25) is 14.9 Å². The lowest BCUT2D eigenvalue weighted by molar-refractivity contribution is -0.384. The number of nitrogens with zero attached hydrogens (tertiary/aromatic N) is 3. The number of non-ortho nitro benzene ring substituents is 1. The first-order chi connectivity index (χ1) is 12.3. The molecule has 0 fully saturated rings. The molecule has 0 aliphatic rings. The highest BCUT2D eigenvalue weighted by Crippen LogP contribution is 2.23. The zero-order valence-corrected chi connectivity index (χ0v) is 15.4. The zero-order valence-electron chi connectivity index (χ0n) is 13.8. The Morgan fingerprint density at radius 1 is 1.23 bits per heavy atom. The van der Waals surface area contributed by atoms with Gasteiger partial charge in [-0.05, 0) is 49.2 Å². The number of rotatable bonds is 2. The highest BCUT2D eigenvalue weighted by molar-refractivity contribution is 7.15. The summed E-state index contributed by atoms with van der Waals surface area (Å²) >= 11 is 7.37. The number of aromatic nitrogens is 2. The van der Waals surface area contributed by atoms with E-state index in [0.29, 0.717) is 20.1 Å². The second-order valence-electron chi connectivity index (χ2n) is 6.03. The zero-order chi connectivity index (χ0) is 18.6. The van der Waals surface area contributed by atoms with E-state index in [1.807, 2.05) is 26.0 Å². The molecule has 2 aromatic carbocycles. The van der Waals surface area contributed by atoms with Gasteiger partial charge in [0.1, 0.15) is 0 Å². The van der Waals surface area contributed by atoms with Crippen molar-refractivity contribution < 1.29 is 4.92 Å². The van der Waals surface area contributed by atoms with Crippen molar-refractivity contribution in [2.45, 2.75) is 13.8 Å². The van der Waals surface area contributed by atoms with Gasteiger partial charge in [0, 0.05) is 22.7 Å². The minimum absolute atomic E-state index is 0.0778. The van der Waals surface area contributed by atoms with Gasteiger partial charge < -0.3 is 0 Å². The number of benzene rings is 2. The van der Waals surface area contributed by atoms with Crippen molar-refractivity contribution in [3.8, 4) is 0 Å². The fraction of sp³-hybridized carbons (Fsp3) is 0.111. The van der Waals surface area contributed by atoms with Crippen molar-refractivity contribution >= 4 is 50.7 Å². The van der Waals surface area contributed by atoms with Crippen LogP contribution < -0.4 is 10.1 Å². The molecule has 0 N–H and O–H groups in total. The van der Waals surface area contributed by atoms with Gasteiger partial charge in [0.25, 0.3) is 11.2 Å². The molecule has 26 heavy (non-hydrogen) atoms. The SMILES string of the molecule is Cc1cc2nc3s/c(=C\c4cc([N+](=O)[O-])ccc4Cl)c(=O)n3c2cc1C. The fourth-order valence-electron chi connectivity index (χ4n) is 2.82. The van der Waals surface area contributed by atoms with Crippen LogP contribution in [0.5, 0.6) is 0 Å². The van der Waals surface area contributed by atoms with Crippen molar-refractivity contribution in [2.24, 2.45) is 0 Å². The number of nitro benzene ring substituents is 1. The lowest BCUT2D eigenvalue weighted by Crippen LogP contribution is -2.22. The molecule has 0 amide bonds. The van der Waals surface area contributed by atoms with Crippen LogP contribution in [-0.2, 0) is 0 Å². The summed E-state index contributed by atoms with van der Waals surface area (Å²) in [5, 5.41) is 11.3. The van der Waals surface area contributed by atoms with Crippen LogP contribution in [0.1, 0.15) is 16.7 Å². The van der Waals surface area contributed by atoms with Crippen LogP contribution in [0.4, 0.5) is 5.69 Å². The number of hydrogen-bond acceptors (Lipinski definition) is 5. The molecule has 0 radical (unpaired) electrons. The molecule has 0 unspecified atom stereocenters. The first-order valence-electron chi connectivity index (χ1n) is 7.73. The Labute approximate surface area is 156 Å². The van der Waals surface area contributed by atoms with Gasteiger partial charge in [-0.1, -0.05) is 22.9 Å². The summed E-state index contributed by atoms with van der Waals surface area (Å²) in [5.74, 6) is 0. The highest BCUT2D eigenvalue weighted by atomic mass is 35.5. The lowest BCUT2D eigenvalue weighted by Gasteiger charge is -1.98. The van der Waals surface area contributed by atoms with Gasteiger partial charge in [-0.15, -0.1) is 0 Å². The largest absolute Gasteiger partial charge is 0.274 e. The summed E-state index contributed by atoms with van der Waals surface area (Å²) in [5.41, 5.74) is 3.87. The summed E-state index contributed by atoms with van der Waals surface area (Å²) in [6, 6.07) is 8.05. The van der Waals surface area contributed by atoms with Crippen molar-refractivity contribution in [1.82, 2.24) is 9.38 Å². The van der Waals surface area contributed by atoms with Gasteiger partial charge in [0.15, 0.2) is 4.96 Å². The molecule has 4 aromatic rings. The molecule has 0 saturated carbocycles. The van der Waals surface area contributed by atoms with E-state index in [2.05, 4.69) is 4.98 Å². The monoisotopic (exact) mass is 385 g/mol. The minimum Gasteiger partial charge on any atom is -0.267 e. The van der Waals surface area contributed by atoms with Crippen LogP contribution >= 0.6 is 22.9 Å². The normalized spacial score (nSPS) is 12.3. The third-order valence-electron chi connectivity index (χ3n) is 4.33. The summed E-state index contributed by atoms with van der Waals surface area (Å²) < 4.78 is 2.00. The smallest absolute Gasteiger partial charge is 0.267 e. The fourth-order valence-corrected chi connectivity index (χ4v) is 3.96. The number of halogens is 1. The van der Waals surface area contributed by atoms with E-state index >= 15 is 0 Å². The van der Waals surface area contributed by atoms with Gasteiger partial charge in [0.05, 0.1) is 20.5 Å². The maximum absolute atomic E-state index is 12.9. The number of hydrogen-bond donors (Lipinski definition) is 0. The summed E-state index contributed by atoms with van der Waals surface area (Å²) in [4.78, 5) is 28.4. The predicted octanol–water partition coefficient (Wildman–Crippen LogP) is 3.64. The average Bonchev–Trinajstić information content (AvgIpc) is 3.07. The summed E-state index contributed by atoms with van der Waals surface area (Å²) in [6.45, 7) is 3.99. The average molecular weight is 386 g/mol. The molecule has 0 atom stereocenters. The van der Waals surface area contributed by atoms with Crippen LogP contribution in [0.3, 0.4) is 0 Å². The van der Waals surface area contributed by atoms with Crippen LogP contribution in [-0.4, -0.2) is 14.3 Å². The molecule has 0 aliphatic heterocycles. The van der Waals surface area contributed by atoms with Crippen molar-refractivity contribution in [1.29, 1.82) is 0 Å². The Bertz CT molecular complexity index is 1320. The molecule has 2 heterocycles. The second kappa shape index (κ2) is 5.89. The number of thiazole rings is 1. The number of fused-ring (bicyclic) bond motifs is 3. The van der Waals surface area contributed by atoms with E-state index in [4.69, 9.17) is 11.6 Å². The first-order valence-corrected chi connectivity index (χ1v) is 8.92. The summed E-state index contributed by atoms with van der Waals surface area (Å²) in [7, 11) is 0. The van der Waals surface area contributed by atoms with Crippen molar-refractivity contribution in [2.75, 3.05) is 0 Å². The molecule has 0 spiro atoms. The van der Waals surface area contributed by atoms with Crippen LogP contribution in [0, 0.1) is 24.0 Å². The van der Waals surface area contributed by atoms with Crippen LogP contribution in [0.15, 0.2) is 35.1 Å². The van der Waals surface area contributed by atoms with Crippen molar-refractivity contribution in [3.63, 3.8) is 0 Å².